The molecule has 26 heavy (non-hydrogen) atoms. The van der Waals surface area contributed by atoms with E-state index >= 15 is 0 Å². The first kappa shape index (κ1) is 20.2. The van der Waals surface area contributed by atoms with Crippen LogP contribution in [0.3, 0.4) is 0 Å². The van der Waals surface area contributed by atoms with Crippen LogP contribution in [0.2, 0.25) is 0 Å². The van der Waals surface area contributed by atoms with E-state index in [1.807, 2.05) is 12.1 Å². The lowest BCUT2D eigenvalue weighted by Gasteiger charge is -2.19. The van der Waals surface area contributed by atoms with Crippen molar-refractivity contribution >= 4 is 28.5 Å². The van der Waals surface area contributed by atoms with E-state index in [0.29, 0.717) is 11.3 Å². The maximum absolute atomic E-state index is 12.4. The van der Waals surface area contributed by atoms with Crippen molar-refractivity contribution in [1.82, 2.24) is 4.90 Å². The Kier molecular flexibility index (Phi) is 7.43. The molecular weight excluding hydrogens is 459 g/mol. The van der Waals surface area contributed by atoms with E-state index in [-0.39, 0.29) is 30.6 Å². The Bertz CT molecular complexity index is 740. The van der Waals surface area contributed by atoms with E-state index in [2.05, 4.69) is 27.3 Å². The number of amides is 1. The van der Waals surface area contributed by atoms with E-state index < -0.39 is 6.61 Å². The lowest BCUT2D eigenvalue weighted by molar-refractivity contribution is -0.132. The third kappa shape index (κ3) is 6.01. The van der Waals surface area contributed by atoms with Crippen molar-refractivity contribution in [3.63, 3.8) is 0 Å². The molecule has 0 radical (unpaired) electrons. The maximum atomic E-state index is 12.4. The molecule has 0 aliphatic heterocycles. The zero-order valence-electron chi connectivity index (χ0n) is 14.2. The summed E-state index contributed by atoms with van der Waals surface area (Å²) in [4.78, 5) is 13.7. The smallest absolute Gasteiger partial charge is 0.387 e. The predicted molar refractivity (Wildman–Crippen MR) is 101 cm³/mol. The Labute approximate surface area is 164 Å². The Morgan fingerprint density at radius 3 is 2.46 bits per heavy atom. The van der Waals surface area contributed by atoms with Gasteiger partial charge in [-0.25, -0.2) is 0 Å². The number of benzene rings is 2. The van der Waals surface area contributed by atoms with Crippen LogP contribution in [0.4, 0.5) is 8.78 Å². The molecule has 0 heterocycles. The fourth-order valence-electron chi connectivity index (χ4n) is 2.15. The summed E-state index contributed by atoms with van der Waals surface area (Å²) in [6.07, 6.45) is 0. The molecule has 0 unspecified atom stereocenters. The SMILES string of the molecule is COc1cc(CN(C)C(=O)COc2ccc(I)cc2)ccc1OC(F)F. The molecule has 2 aromatic carbocycles. The van der Waals surface area contributed by atoms with Crippen molar-refractivity contribution in [2.24, 2.45) is 0 Å². The summed E-state index contributed by atoms with van der Waals surface area (Å²) in [6.45, 7) is -2.75. The van der Waals surface area contributed by atoms with Crippen LogP contribution in [0, 0.1) is 3.57 Å². The first-order valence-electron chi connectivity index (χ1n) is 7.63. The van der Waals surface area contributed by atoms with Crippen LogP contribution in [0.15, 0.2) is 42.5 Å². The molecule has 0 N–H and O–H groups in total. The Balaban J connectivity index is 1.94. The summed E-state index contributed by atoms with van der Waals surface area (Å²) in [5.41, 5.74) is 0.716. The number of hydrogen-bond acceptors (Lipinski definition) is 4. The van der Waals surface area contributed by atoms with Gasteiger partial charge in [0.2, 0.25) is 0 Å². The summed E-state index contributed by atoms with van der Waals surface area (Å²) < 4.78 is 40.7. The van der Waals surface area contributed by atoms with Crippen molar-refractivity contribution < 1.29 is 27.8 Å². The number of carbonyl (C=O) groups is 1. The van der Waals surface area contributed by atoms with E-state index in [0.717, 1.165) is 3.57 Å². The van der Waals surface area contributed by atoms with E-state index in [9.17, 15) is 13.6 Å². The number of ether oxygens (including phenoxy) is 3. The van der Waals surface area contributed by atoms with Crippen LogP contribution < -0.4 is 14.2 Å². The molecule has 0 fully saturated rings. The van der Waals surface area contributed by atoms with Crippen LogP contribution in [0.25, 0.3) is 0 Å². The van der Waals surface area contributed by atoms with Gasteiger partial charge in [0, 0.05) is 17.2 Å². The number of alkyl halides is 2. The minimum atomic E-state index is -2.93. The number of methoxy groups -OCH3 is 1. The minimum absolute atomic E-state index is 0.0535. The fourth-order valence-corrected chi connectivity index (χ4v) is 2.51. The van der Waals surface area contributed by atoms with Gasteiger partial charge < -0.3 is 19.1 Å². The van der Waals surface area contributed by atoms with Crippen molar-refractivity contribution in [3.05, 3.63) is 51.6 Å². The molecule has 0 aromatic heterocycles. The standard InChI is InChI=1S/C18H18F2INO4/c1-22(17(23)11-25-14-6-4-13(21)5-7-14)10-12-3-8-15(26-18(19)20)16(9-12)24-2/h3-9,18H,10-11H2,1-2H3. The average Bonchev–Trinajstić information content (AvgIpc) is 2.61. The van der Waals surface area contributed by atoms with Crippen molar-refractivity contribution in [2.75, 3.05) is 20.8 Å². The van der Waals surface area contributed by atoms with Gasteiger partial charge in [0.05, 0.1) is 7.11 Å². The second-order valence-corrected chi connectivity index (χ2v) is 6.60. The normalized spacial score (nSPS) is 10.5. The second-order valence-electron chi connectivity index (χ2n) is 5.36. The highest BCUT2D eigenvalue weighted by Crippen LogP contribution is 2.29. The molecular formula is C18H18F2INO4. The van der Waals surface area contributed by atoms with Crippen molar-refractivity contribution in [3.8, 4) is 17.2 Å². The Morgan fingerprint density at radius 1 is 1.15 bits per heavy atom. The van der Waals surface area contributed by atoms with Gasteiger partial charge in [-0.3, -0.25) is 4.79 Å². The lowest BCUT2D eigenvalue weighted by atomic mass is 10.2. The van der Waals surface area contributed by atoms with Crippen LogP contribution in [0.5, 0.6) is 17.2 Å². The quantitative estimate of drug-likeness (QED) is 0.541. The van der Waals surface area contributed by atoms with E-state index in [4.69, 9.17) is 9.47 Å². The zero-order chi connectivity index (χ0) is 19.1. The first-order chi connectivity index (χ1) is 12.4. The average molecular weight is 477 g/mol. The number of halogens is 3. The van der Waals surface area contributed by atoms with Gasteiger partial charge in [-0.1, -0.05) is 6.07 Å². The Morgan fingerprint density at radius 2 is 1.85 bits per heavy atom. The van der Waals surface area contributed by atoms with Gasteiger partial charge in [-0.15, -0.1) is 0 Å². The van der Waals surface area contributed by atoms with Crippen LogP contribution in [-0.2, 0) is 11.3 Å². The molecule has 0 atom stereocenters. The molecule has 0 aliphatic carbocycles. The third-order valence-electron chi connectivity index (χ3n) is 3.47. The number of rotatable bonds is 8. The Hall–Kier alpha value is -2.10. The van der Waals surface area contributed by atoms with Gasteiger partial charge >= 0.3 is 6.61 Å². The van der Waals surface area contributed by atoms with E-state index in [1.54, 1.807) is 31.3 Å². The summed E-state index contributed by atoms with van der Waals surface area (Å²) in [6, 6.07) is 11.9. The number of hydrogen-bond donors (Lipinski definition) is 0. The van der Waals surface area contributed by atoms with Crippen LogP contribution >= 0.6 is 22.6 Å². The number of likely N-dealkylation sites (N-methyl/N-ethyl adjacent to an activating group) is 1. The summed E-state index contributed by atoms with van der Waals surface area (Å²) >= 11 is 2.18. The highest BCUT2D eigenvalue weighted by atomic mass is 127. The zero-order valence-corrected chi connectivity index (χ0v) is 16.4. The topological polar surface area (TPSA) is 48.0 Å². The molecule has 140 valence electrons. The van der Waals surface area contributed by atoms with Crippen molar-refractivity contribution in [1.29, 1.82) is 0 Å². The third-order valence-corrected chi connectivity index (χ3v) is 4.18. The molecule has 2 rings (SSSR count). The van der Waals surface area contributed by atoms with Crippen LogP contribution in [0.1, 0.15) is 5.56 Å². The van der Waals surface area contributed by atoms with Gasteiger partial charge in [-0.05, 0) is 64.6 Å². The van der Waals surface area contributed by atoms with Crippen molar-refractivity contribution in [2.45, 2.75) is 13.2 Å². The maximum Gasteiger partial charge on any atom is 0.387 e. The summed E-state index contributed by atoms with van der Waals surface area (Å²) in [7, 11) is 3.00. The molecule has 0 aliphatic rings. The lowest BCUT2D eigenvalue weighted by Crippen LogP contribution is -2.30. The van der Waals surface area contributed by atoms with Gasteiger partial charge in [0.15, 0.2) is 18.1 Å². The molecule has 2 aromatic rings. The molecule has 5 nitrogen and oxygen atoms in total. The molecule has 0 saturated heterocycles. The fraction of sp³-hybridized carbons (Fsp3) is 0.278. The van der Waals surface area contributed by atoms with Gasteiger partial charge in [0.1, 0.15) is 5.75 Å². The highest BCUT2D eigenvalue weighted by molar-refractivity contribution is 14.1. The van der Waals surface area contributed by atoms with E-state index in [1.165, 1.54) is 18.1 Å². The monoisotopic (exact) mass is 477 g/mol. The summed E-state index contributed by atoms with van der Waals surface area (Å²) in [5, 5.41) is 0. The molecule has 8 heteroatoms. The van der Waals surface area contributed by atoms with Gasteiger partial charge in [-0.2, -0.15) is 8.78 Å². The van der Waals surface area contributed by atoms with Gasteiger partial charge in [0.25, 0.3) is 5.91 Å². The highest BCUT2D eigenvalue weighted by Gasteiger charge is 2.14. The molecule has 0 spiro atoms. The second kappa shape index (κ2) is 9.56. The summed E-state index contributed by atoms with van der Waals surface area (Å²) in [5.74, 6) is 0.527. The molecule has 0 bridgehead atoms. The number of nitrogens with zero attached hydrogens (tertiary/aromatic N) is 1. The molecule has 1 amide bonds. The predicted octanol–water partition coefficient (Wildman–Crippen LogP) is 3.94. The largest absolute Gasteiger partial charge is 0.493 e. The number of carbonyl (C=O) groups excluding carboxylic acids is 1. The minimum Gasteiger partial charge on any atom is -0.493 e. The molecule has 0 saturated carbocycles. The van der Waals surface area contributed by atoms with Crippen LogP contribution in [-0.4, -0.2) is 38.2 Å². The first-order valence-corrected chi connectivity index (χ1v) is 8.71.